The molecule has 1 heterocycles. The molecule has 2 aromatic rings. The first-order valence-corrected chi connectivity index (χ1v) is 6.03. The lowest BCUT2D eigenvalue weighted by atomic mass is 10.1. The van der Waals surface area contributed by atoms with E-state index in [4.69, 9.17) is 15.0 Å². The summed E-state index contributed by atoms with van der Waals surface area (Å²) in [6.45, 7) is 1.78. The molecule has 0 saturated carbocycles. The standard InChI is InChI=1S/C13H14F3N3O2/c1-12(17,7-20-2)11-18-10(21-19-11)8-4-3-5-9(6-8)13(14,15)16/h3-6H,7,17H2,1-2H3. The van der Waals surface area contributed by atoms with Gasteiger partial charge in [0.1, 0.15) is 5.54 Å². The molecule has 2 rings (SSSR count). The monoisotopic (exact) mass is 301 g/mol. The summed E-state index contributed by atoms with van der Waals surface area (Å²) in [4.78, 5) is 4.04. The average molecular weight is 301 g/mol. The molecule has 0 amide bonds. The fourth-order valence-electron chi connectivity index (χ4n) is 1.77. The molecule has 114 valence electrons. The van der Waals surface area contributed by atoms with Gasteiger partial charge in [0.2, 0.25) is 0 Å². The van der Waals surface area contributed by atoms with Crippen molar-refractivity contribution < 1.29 is 22.4 Å². The second kappa shape index (κ2) is 5.45. The van der Waals surface area contributed by atoms with Gasteiger partial charge in [-0.3, -0.25) is 0 Å². The molecular weight excluding hydrogens is 287 g/mol. The third kappa shape index (κ3) is 3.40. The molecule has 2 N–H and O–H groups in total. The van der Waals surface area contributed by atoms with Gasteiger partial charge in [-0.15, -0.1) is 0 Å². The van der Waals surface area contributed by atoms with Crippen LogP contribution in [0.4, 0.5) is 13.2 Å². The van der Waals surface area contributed by atoms with Crippen LogP contribution in [0, 0.1) is 0 Å². The first-order chi connectivity index (χ1) is 9.74. The molecule has 1 unspecified atom stereocenters. The van der Waals surface area contributed by atoms with Crippen LogP contribution in [0.1, 0.15) is 18.3 Å². The van der Waals surface area contributed by atoms with Crippen molar-refractivity contribution >= 4 is 0 Å². The van der Waals surface area contributed by atoms with Gasteiger partial charge in [0, 0.05) is 12.7 Å². The Balaban J connectivity index is 2.34. The Morgan fingerprint density at radius 3 is 2.67 bits per heavy atom. The molecule has 5 nitrogen and oxygen atoms in total. The predicted molar refractivity (Wildman–Crippen MR) is 68.2 cm³/mol. The summed E-state index contributed by atoms with van der Waals surface area (Å²) in [6.07, 6.45) is -4.43. The molecule has 0 radical (unpaired) electrons. The van der Waals surface area contributed by atoms with E-state index in [2.05, 4.69) is 10.1 Å². The molecule has 21 heavy (non-hydrogen) atoms. The van der Waals surface area contributed by atoms with Gasteiger partial charge in [0.05, 0.1) is 12.2 Å². The largest absolute Gasteiger partial charge is 0.416 e. The van der Waals surface area contributed by atoms with Crippen LogP contribution in [-0.4, -0.2) is 23.9 Å². The van der Waals surface area contributed by atoms with Crippen LogP contribution >= 0.6 is 0 Å². The molecule has 8 heteroatoms. The summed E-state index contributed by atoms with van der Waals surface area (Å²) in [5.41, 5.74) is 4.35. The highest BCUT2D eigenvalue weighted by atomic mass is 19.4. The zero-order valence-electron chi connectivity index (χ0n) is 11.4. The molecule has 0 aliphatic heterocycles. The number of aromatic nitrogens is 2. The van der Waals surface area contributed by atoms with Crippen molar-refractivity contribution in [2.24, 2.45) is 5.73 Å². The van der Waals surface area contributed by atoms with E-state index in [1.807, 2.05) is 0 Å². The van der Waals surface area contributed by atoms with E-state index in [0.717, 1.165) is 12.1 Å². The summed E-state index contributed by atoms with van der Waals surface area (Å²) in [5.74, 6) is 0.139. The Bertz CT molecular complexity index is 623. The van der Waals surface area contributed by atoms with Crippen LogP contribution in [0.5, 0.6) is 0 Å². The number of rotatable bonds is 4. The maximum Gasteiger partial charge on any atom is 0.416 e. The quantitative estimate of drug-likeness (QED) is 0.939. The van der Waals surface area contributed by atoms with E-state index in [1.165, 1.54) is 19.2 Å². The molecule has 0 saturated heterocycles. The Hall–Kier alpha value is -1.93. The van der Waals surface area contributed by atoms with E-state index >= 15 is 0 Å². The highest BCUT2D eigenvalue weighted by Gasteiger charge is 2.31. The minimum Gasteiger partial charge on any atom is -0.382 e. The van der Waals surface area contributed by atoms with E-state index in [0.29, 0.717) is 0 Å². The maximum atomic E-state index is 12.7. The second-order valence-corrected chi connectivity index (χ2v) is 4.85. The highest BCUT2D eigenvalue weighted by Crippen LogP contribution is 2.32. The Kier molecular flexibility index (Phi) is 4.02. The third-order valence-corrected chi connectivity index (χ3v) is 2.82. The predicted octanol–water partition coefficient (Wildman–Crippen LogP) is 2.58. The van der Waals surface area contributed by atoms with E-state index in [-0.39, 0.29) is 23.9 Å². The number of halogens is 3. The molecule has 1 atom stereocenters. The van der Waals surface area contributed by atoms with Crippen LogP contribution < -0.4 is 5.73 Å². The summed E-state index contributed by atoms with van der Waals surface area (Å²) >= 11 is 0. The van der Waals surface area contributed by atoms with Crippen LogP contribution in [0.2, 0.25) is 0 Å². The molecule has 0 aliphatic carbocycles. The van der Waals surface area contributed by atoms with Crippen molar-refractivity contribution in [1.82, 2.24) is 10.1 Å². The van der Waals surface area contributed by atoms with Gasteiger partial charge in [-0.2, -0.15) is 18.2 Å². The van der Waals surface area contributed by atoms with E-state index in [9.17, 15) is 13.2 Å². The number of ether oxygens (including phenoxy) is 1. The van der Waals surface area contributed by atoms with Crippen molar-refractivity contribution in [3.05, 3.63) is 35.7 Å². The van der Waals surface area contributed by atoms with Gasteiger partial charge < -0.3 is 15.0 Å². The molecule has 1 aromatic carbocycles. The lowest BCUT2D eigenvalue weighted by Gasteiger charge is -2.18. The number of nitrogens with zero attached hydrogens (tertiary/aromatic N) is 2. The van der Waals surface area contributed by atoms with Crippen molar-refractivity contribution in [1.29, 1.82) is 0 Å². The van der Waals surface area contributed by atoms with Crippen LogP contribution in [0.25, 0.3) is 11.5 Å². The molecular formula is C13H14F3N3O2. The minimum absolute atomic E-state index is 0.0242. The molecule has 0 aliphatic rings. The number of hydrogen-bond donors (Lipinski definition) is 1. The Morgan fingerprint density at radius 1 is 1.33 bits per heavy atom. The number of nitrogens with two attached hydrogens (primary N) is 1. The number of methoxy groups -OCH3 is 1. The molecule has 0 spiro atoms. The lowest BCUT2D eigenvalue weighted by Crippen LogP contribution is -2.38. The van der Waals surface area contributed by atoms with Crippen LogP contribution in [0.15, 0.2) is 28.8 Å². The highest BCUT2D eigenvalue weighted by molar-refractivity contribution is 5.54. The number of hydrogen-bond acceptors (Lipinski definition) is 5. The van der Waals surface area contributed by atoms with E-state index in [1.54, 1.807) is 6.92 Å². The first kappa shape index (κ1) is 15.5. The van der Waals surface area contributed by atoms with Gasteiger partial charge in [-0.25, -0.2) is 0 Å². The molecule has 0 bridgehead atoms. The summed E-state index contributed by atoms with van der Waals surface area (Å²) in [6, 6.07) is 4.65. The minimum atomic E-state index is -4.43. The zero-order valence-corrected chi connectivity index (χ0v) is 11.4. The van der Waals surface area contributed by atoms with Crippen LogP contribution in [-0.2, 0) is 16.5 Å². The van der Waals surface area contributed by atoms with Gasteiger partial charge >= 0.3 is 6.18 Å². The lowest BCUT2D eigenvalue weighted by molar-refractivity contribution is -0.137. The number of alkyl halides is 3. The fraction of sp³-hybridized carbons (Fsp3) is 0.385. The number of benzene rings is 1. The summed E-state index contributed by atoms with van der Waals surface area (Å²) in [7, 11) is 1.47. The maximum absolute atomic E-state index is 12.7. The molecule has 1 aromatic heterocycles. The third-order valence-electron chi connectivity index (χ3n) is 2.82. The van der Waals surface area contributed by atoms with E-state index < -0.39 is 17.3 Å². The van der Waals surface area contributed by atoms with Gasteiger partial charge in [-0.05, 0) is 25.1 Å². The average Bonchev–Trinajstić information content (AvgIpc) is 2.88. The van der Waals surface area contributed by atoms with Crippen molar-refractivity contribution in [3.8, 4) is 11.5 Å². The summed E-state index contributed by atoms with van der Waals surface area (Å²) in [5, 5.41) is 3.70. The van der Waals surface area contributed by atoms with Crippen LogP contribution in [0.3, 0.4) is 0 Å². The van der Waals surface area contributed by atoms with Crippen molar-refractivity contribution in [2.45, 2.75) is 18.6 Å². The van der Waals surface area contributed by atoms with Gasteiger partial charge in [0.25, 0.3) is 5.89 Å². The second-order valence-electron chi connectivity index (χ2n) is 4.85. The topological polar surface area (TPSA) is 74.2 Å². The normalized spacial score (nSPS) is 15.0. The smallest absolute Gasteiger partial charge is 0.382 e. The Morgan fingerprint density at radius 2 is 2.05 bits per heavy atom. The Labute approximate surface area is 118 Å². The van der Waals surface area contributed by atoms with Gasteiger partial charge in [-0.1, -0.05) is 11.2 Å². The summed E-state index contributed by atoms with van der Waals surface area (Å²) < 4.78 is 48.0. The molecule has 0 fully saturated rings. The zero-order chi connectivity index (χ0) is 15.7. The van der Waals surface area contributed by atoms with Crippen molar-refractivity contribution in [3.63, 3.8) is 0 Å². The fourth-order valence-corrected chi connectivity index (χ4v) is 1.77. The van der Waals surface area contributed by atoms with Gasteiger partial charge in [0.15, 0.2) is 5.82 Å². The first-order valence-electron chi connectivity index (χ1n) is 6.03. The van der Waals surface area contributed by atoms with Crippen molar-refractivity contribution in [2.75, 3.05) is 13.7 Å². The SMILES string of the molecule is COCC(C)(N)c1noc(-c2cccc(C(F)(F)F)c2)n1.